The zero-order chi connectivity index (χ0) is 11.7. The summed E-state index contributed by atoms with van der Waals surface area (Å²) in [6.45, 7) is 3.26. The van der Waals surface area contributed by atoms with Crippen LogP contribution in [0, 0.1) is 6.92 Å². The number of carboxylic acid groups (broad SMARTS) is 1. The Morgan fingerprint density at radius 2 is 2.38 bits per heavy atom. The van der Waals surface area contributed by atoms with Crippen molar-refractivity contribution in [3.05, 3.63) is 28.6 Å². The van der Waals surface area contributed by atoms with Crippen LogP contribution < -0.4 is 0 Å². The molecule has 0 aliphatic carbocycles. The Morgan fingerprint density at radius 3 is 3.00 bits per heavy atom. The van der Waals surface area contributed by atoms with Gasteiger partial charge in [-0.1, -0.05) is 0 Å². The van der Waals surface area contributed by atoms with Gasteiger partial charge in [-0.15, -0.1) is 0 Å². The van der Waals surface area contributed by atoms with Gasteiger partial charge < -0.3 is 9.84 Å². The molecule has 0 atom stereocenters. The second-order valence-electron chi connectivity index (χ2n) is 3.93. The lowest BCUT2D eigenvalue weighted by Crippen LogP contribution is -2.22. The summed E-state index contributed by atoms with van der Waals surface area (Å²) in [5.74, 6) is 0. The van der Waals surface area contributed by atoms with Gasteiger partial charge in [-0.3, -0.25) is 9.88 Å². The van der Waals surface area contributed by atoms with Gasteiger partial charge in [0.05, 0.1) is 31.1 Å². The summed E-state index contributed by atoms with van der Waals surface area (Å²) in [5.41, 5.74) is 3.82. The molecule has 1 aromatic heterocycles. The van der Waals surface area contributed by atoms with E-state index in [1.165, 1.54) is 4.90 Å². The van der Waals surface area contributed by atoms with E-state index in [1.54, 1.807) is 7.11 Å². The molecule has 1 aliphatic heterocycles. The van der Waals surface area contributed by atoms with Gasteiger partial charge in [0, 0.05) is 7.11 Å². The molecule has 2 heterocycles. The highest BCUT2D eigenvalue weighted by Gasteiger charge is 2.25. The number of aromatic nitrogens is 1. The molecule has 2 rings (SSSR count). The summed E-state index contributed by atoms with van der Waals surface area (Å²) in [7, 11) is 1.62. The Bertz CT molecular complexity index is 431. The van der Waals surface area contributed by atoms with Crippen molar-refractivity contribution < 1.29 is 14.6 Å². The molecule has 0 spiro atoms. The average molecular weight is 222 g/mol. The van der Waals surface area contributed by atoms with Crippen LogP contribution in [0.3, 0.4) is 0 Å². The second kappa shape index (κ2) is 4.09. The molecule has 0 saturated heterocycles. The number of pyridine rings is 1. The third-order valence-electron chi connectivity index (χ3n) is 2.74. The number of methoxy groups -OCH3 is 1. The lowest BCUT2D eigenvalue weighted by atomic mass is 10.1. The van der Waals surface area contributed by atoms with Gasteiger partial charge in [0.25, 0.3) is 0 Å². The molecule has 5 heteroatoms. The van der Waals surface area contributed by atoms with Gasteiger partial charge in [0.2, 0.25) is 0 Å². The highest BCUT2D eigenvalue weighted by atomic mass is 16.5. The lowest BCUT2D eigenvalue weighted by molar-refractivity contribution is 0.144. The van der Waals surface area contributed by atoms with Gasteiger partial charge in [-0.05, 0) is 24.1 Å². The minimum atomic E-state index is -0.898. The first-order valence-corrected chi connectivity index (χ1v) is 5.07. The van der Waals surface area contributed by atoms with E-state index in [1.807, 2.05) is 13.0 Å². The minimum absolute atomic E-state index is 0.378. The minimum Gasteiger partial charge on any atom is -0.465 e. The number of nitrogens with zero attached hydrogens (tertiary/aromatic N) is 2. The predicted octanol–water partition coefficient (Wildman–Crippen LogP) is 1.53. The molecule has 86 valence electrons. The van der Waals surface area contributed by atoms with E-state index in [-0.39, 0.29) is 0 Å². The highest BCUT2D eigenvalue weighted by Crippen LogP contribution is 2.24. The van der Waals surface area contributed by atoms with Gasteiger partial charge >= 0.3 is 6.09 Å². The summed E-state index contributed by atoms with van der Waals surface area (Å²) >= 11 is 0. The smallest absolute Gasteiger partial charge is 0.407 e. The molecule has 0 unspecified atom stereocenters. The van der Waals surface area contributed by atoms with E-state index in [2.05, 4.69) is 4.98 Å². The van der Waals surface area contributed by atoms with Crippen molar-refractivity contribution in [1.82, 2.24) is 9.88 Å². The van der Waals surface area contributed by atoms with Gasteiger partial charge in [-0.25, -0.2) is 4.79 Å². The molecule has 1 amide bonds. The maximum absolute atomic E-state index is 10.9. The molecule has 0 bridgehead atoms. The van der Waals surface area contributed by atoms with Gasteiger partial charge in [0.1, 0.15) is 0 Å². The van der Waals surface area contributed by atoms with Crippen molar-refractivity contribution in [2.24, 2.45) is 0 Å². The predicted molar refractivity (Wildman–Crippen MR) is 57.0 cm³/mol. The maximum atomic E-state index is 10.9. The number of ether oxygens (including phenoxy) is 1. The summed E-state index contributed by atoms with van der Waals surface area (Å²) in [4.78, 5) is 16.6. The molecular formula is C11H14N2O3. The van der Waals surface area contributed by atoms with Crippen molar-refractivity contribution in [2.45, 2.75) is 26.6 Å². The van der Waals surface area contributed by atoms with Crippen molar-refractivity contribution in [3.63, 3.8) is 0 Å². The number of amides is 1. The third-order valence-corrected chi connectivity index (χ3v) is 2.74. The Balaban J connectivity index is 2.31. The number of hydrogen-bond donors (Lipinski definition) is 1. The Labute approximate surface area is 93.7 Å². The molecule has 1 aromatic rings. The van der Waals surface area contributed by atoms with Crippen LogP contribution in [0.1, 0.15) is 22.5 Å². The number of fused-ring (bicyclic) bond motifs is 1. The Hall–Kier alpha value is -1.62. The van der Waals surface area contributed by atoms with Crippen LogP contribution in [-0.2, 0) is 24.4 Å². The monoisotopic (exact) mass is 222 g/mol. The van der Waals surface area contributed by atoms with Crippen LogP contribution in [0.2, 0.25) is 0 Å². The first-order valence-electron chi connectivity index (χ1n) is 5.07. The molecule has 0 fully saturated rings. The standard InChI is InChI=1S/C11H14N2O3/c1-7-3-8(6-16-2)12-10-5-13(11(14)15)4-9(7)10/h3H,4-6H2,1-2H3,(H,14,15). The van der Waals surface area contributed by atoms with Crippen molar-refractivity contribution in [1.29, 1.82) is 0 Å². The quantitative estimate of drug-likeness (QED) is 0.824. The highest BCUT2D eigenvalue weighted by molar-refractivity contribution is 5.66. The van der Waals surface area contributed by atoms with Crippen molar-refractivity contribution >= 4 is 6.09 Å². The number of hydrogen-bond acceptors (Lipinski definition) is 3. The van der Waals surface area contributed by atoms with E-state index in [0.29, 0.717) is 19.7 Å². The fourth-order valence-corrected chi connectivity index (χ4v) is 1.97. The molecule has 1 N–H and O–H groups in total. The van der Waals surface area contributed by atoms with Crippen molar-refractivity contribution in [2.75, 3.05) is 7.11 Å². The molecule has 16 heavy (non-hydrogen) atoms. The summed E-state index contributed by atoms with van der Waals surface area (Å²) in [6, 6.07) is 1.95. The van der Waals surface area contributed by atoms with E-state index in [4.69, 9.17) is 9.84 Å². The second-order valence-corrected chi connectivity index (χ2v) is 3.93. The number of aryl methyl sites for hydroxylation is 1. The van der Waals surface area contributed by atoms with Crippen LogP contribution in [0.15, 0.2) is 6.07 Å². The topological polar surface area (TPSA) is 62.7 Å². The molecular weight excluding hydrogens is 208 g/mol. The first-order chi connectivity index (χ1) is 7.61. The largest absolute Gasteiger partial charge is 0.465 e. The average Bonchev–Trinajstić information content (AvgIpc) is 2.62. The van der Waals surface area contributed by atoms with E-state index < -0.39 is 6.09 Å². The van der Waals surface area contributed by atoms with E-state index in [0.717, 1.165) is 22.5 Å². The van der Waals surface area contributed by atoms with Gasteiger partial charge in [0.15, 0.2) is 0 Å². The molecule has 5 nitrogen and oxygen atoms in total. The molecule has 1 aliphatic rings. The zero-order valence-electron chi connectivity index (χ0n) is 9.36. The van der Waals surface area contributed by atoms with E-state index >= 15 is 0 Å². The van der Waals surface area contributed by atoms with Crippen LogP contribution in [0.4, 0.5) is 4.79 Å². The van der Waals surface area contributed by atoms with Crippen LogP contribution >= 0.6 is 0 Å². The summed E-state index contributed by atoms with van der Waals surface area (Å²) in [5, 5.41) is 8.92. The number of carbonyl (C=O) groups is 1. The third kappa shape index (κ3) is 1.86. The molecule has 0 saturated carbocycles. The Kier molecular flexibility index (Phi) is 2.78. The lowest BCUT2D eigenvalue weighted by Gasteiger charge is -2.08. The zero-order valence-corrected chi connectivity index (χ0v) is 9.36. The first kappa shape index (κ1) is 10.9. The maximum Gasteiger partial charge on any atom is 0.407 e. The SMILES string of the molecule is COCc1cc(C)c2c(n1)CN(C(=O)O)C2. The summed E-state index contributed by atoms with van der Waals surface area (Å²) < 4.78 is 5.02. The molecule has 0 aromatic carbocycles. The van der Waals surface area contributed by atoms with Crippen LogP contribution in [-0.4, -0.2) is 28.2 Å². The normalized spacial score (nSPS) is 14.0. The fraction of sp³-hybridized carbons (Fsp3) is 0.455. The van der Waals surface area contributed by atoms with Crippen LogP contribution in [0.25, 0.3) is 0 Å². The summed E-state index contributed by atoms with van der Waals surface area (Å²) in [6.07, 6.45) is -0.898. The number of rotatable bonds is 2. The molecule has 0 radical (unpaired) electrons. The van der Waals surface area contributed by atoms with E-state index in [9.17, 15) is 4.79 Å². The van der Waals surface area contributed by atoms with Crippen molar-refractivity contribution in [3.8, 4) is 0 Å². The van der Waals surface area contributed by atoms with Crippen LogP contribution in [0.5, 0.6) is 0 Å². The fourth-order valence-electron chi connectivity index (χ4n) is 1.97. The van der Waals surface area contributed by atoms with Gasteiger partial charge in [-0.2, -0.15) is 0 Å². The Morgan fingerprint density at radius 1 is 1.62 bits per heavy atom.